The van der Waals surface area contributed by atoms with E-state index in [9.17, 15) is 9.59 Å². The number of aryl methyl sites for hydroxylation is 1. The highest BCUT2D eigenvalue weighted by molar-refractivity contribution is 5.76. The SMILES string of the molecule is COC(=O)CCCN(C)C(=O)CCc1cccc(N)c1. The fraction of sp³-hybridized carbons (Fsp3) is 0.467. The third-order valence-corrected chi connectivity index (χ3v) is 3.11. The molecule has 0 fully saturated rings. The molecule has 5 heteroatoms. The maximum atomic E-state index is 11.9. The predicted octanol–water partition coefficient (Wildman–Crippen LogP) is 1.61. The van der Waals surface area contributed by atoms with Gasteiger partial charge in [0.1, 0.15) is 0 Å². The third-order valence-electron chi connectivity index (χ3n) is 3.11. The van der Waals surface area contributed by atoms with E-state index in [2.05, 4.69) is 4.74 Å². The smallest absolute Gasteiger partial charge is 0.305 e. The van der Waals surface area contributed by atoms with Crippen molar-refractivity contribution < 1.29 is 14.3 Å². The number of anilines is 1. The van der Waals surface area contributed by atoms with Crippen LogP contribution in [0.3, 0.4) is 0 Å². The van der Waals surface area contributed by atoms with Gasteiger partial charge in [-0.1, -0.05) is 12.1 Å². The Bertz CT molecular complexity index is 460. The highest BCUT2D eigenvalue weighted by atomic mass is 16.5. The van der Waals surface area contributed by atoms with Gasteiger partial charge < -0.3 is 15.4 Å². The largest absolute Gasteiger partial charge is 0.469 e. The number of benzene rings is 1. The first-order chi connectivity index (χ1) is 9.52. The molecule has 0 saturated carbocycles. The van der Waals surface area contributed by atoms with Crippen molar-refractivity contribution in [3.05, 3.63) is 29.8 Å². The first kappa shape index (κ1) is 16.0. The van der Waals surface area contributed by atoms with E-state index >= 15 is 0 Å². The lowest BCUT2D eigenvalue weighted by Crippen LogP contribution is -2.28. The monoisotopic (exact) mass is 278 g/mol. The predicted molar refractivity (Wildman–Crippen MR) is 78.1 cm³/mol. The Morgan fingerprint density at radius 1 is 1.30 bits per heavy atom. The quantitative estimate of drug-likeness (QED) is 0.607. The first-order valence-corrected chi connectivity index (χ1v) is 6.68. The standard InChI is InChI=1S/C15H22N2O3/c1-17(10-4-7-15(19)20-2)14(18)9-8-12-5-3-6-13(16)11-12/h3,5-6,11H,4,7-10,16H2,1-2H3. The van der Waals surface area contributed by atoms with Crippen LogP contribution < -0.4 is 5.73 Å². The second kappa shape index (κ2) is 8.19. The van der Waals surface area contributed by atoms with Crippen LogP contribution in [0.25, 0.3) is 0 Å². The molecule has 0 aromatic heterocycles. The molecule has 1 aromatic rings. The fourth-order valence-electron chi connectivity index (χ4n) is 1.88. The van der Waals surface area contributed by atoms with Gasteiger partial charge in [0, 0.05) is 32.1 Å². The molecule has 0 aliphatic heterocycles. The molecule has 0 aliphatic rings. The van der Waals surface area contributed by atoms with E-state index in [0.717, 1.165) is 5.56 Å². The van der Waals surface area contributed by atoms with E-state index in [0.29, 0.717) is 37.9 Å². The van der Waals surface area contributed by atoms with Gasteiger partial charge in [-0.05, 0) is 30.5 Å². The maximum absolute atomic E-state index is 11.9. The van der Waals surface area contributed by atoms with Crippen molar-refractivity contribution in [2.45, 2.75) is 25.7 Å². The molecule has 20 heavy (non-hydrogen) atoms. The number of carbonyl (C=O) groups excluding carboxylic acids is 2. The van der Waals surface area contributed by atoms with Crippen molar-refractivity contribution in [1.82, 2.24) is 4.90 Å². The van der Waals surface area contributed by atoms with E-state index in [4.69, 9.17) is 5.73 Å². The average Bonchev–Trinajstić information content (AvgIpc) is 2.44. The molecule has 0 saturated heterocycles. The van der Waals surface area contributed by atoms with Gasteiger partial charge in [-0.3, -0.25) is 9.59 Å². The zero-order valence-electron chi connectivity index (χ0n) is 12.1. The summed E-state index contributed by atoms with van der Waals surface area (Å²) in [5, 5.41) is 0. The molecule has 1 amide bonds. The van der Waals surface area contributed by atoms with E-state index in [-0.39, 0.29) is 11.9 Å². The topological polar surface area (TPSA) is 72.6 Å². The summed E-state index contributed by atoms with van der Waals surface area (Å²) in [6, 6.07) is 7.55. The van der Waals surface area contributed by atoms with Crippen LogP contribution >= 0.6 is 0 Å². The number of hydrogen-bond donors (Lipinski definition) is 1. The van der Waals surface area contributed by atoms with Crippen LogP contribution in [0.15, 0.2) is 24.3 Å². The second-order valence-electron chi connectivity index (χ2n) is 4.74. The summed E-state index contributed by atoms with van der Waals surface area (Å²) in [5.74, 6) is -0.178. The second-order valence-corrected chi connectivity index (χ2v) is 4.74. The van der Waals surface area contributed by atoms with Crippen molar-refractivity contribution in [3.8, 4) is 0 Å². The van der Waals surface area contributed by atoms with Gasteiger partial charge in [0.15, 0.2) is 0 Å². The molecular weight excluding hydrogens is 256 g/mol. The third kappa shape index (κ3) is 5.73. The van der Waals surface area contributed by atoms with Crippen LogP contribution in [0.5, 0.6) is 0 Å². The number of methoxy groups -OCH3 is 1. The fourth-order valence-corrected chi connectivity index (χ4v) is 1.88. The molecule has 0 heterocycles. The minimum atomic E-state index is -0.245. The summed E-state index contributed by atoms with van der Waals surface area (Å²) >= 11 is 0. The lowest BCUT2D eigenvalue weighted by atomic mass is 10.1. The summed E-state index contributed by atoms with van der Waals surface area (Å²) in [6.07, 6.45) is 2.07. The summed E-state index contributed by atoms with van der Waals surface area (Å²) in [6.45, 7) is 0.560. The van der Waals surface area contributed by atoms with E-state index in [1.165, 1.54) is 7.11 Å². The minimum Gasteiger partial charge on any atom is -0.469 e. The summed E-state index contributed by atoms with van der Waals surface area (Å²) in [7, 11) is 3.11. The Kier molecular flexibility index (Phi) is 6.56. The van der Waals surface area contributed by atoms with Crippen LogP contribution in [-0.4, -0.2) is 37.5 Å². The van der Waals surface area contributed by atoms with Crippen LogP contribution in [0, 0.1) is 0 Å². The zero-order valence-corrected chi connectivity index (χ0v) is 12.1. The number of rotatable bonds is 7. The molecule has 5 nitrogen and oxygen atoms in total. The van der Waals surface area contributed by atoms with Crippen molar-refractivity contribution in [3.63, 3.8) is 0 Å². The first-order valence-electron chi connectivity index (χ1n) is 6.68. The van der Waals surface area contributed by atoms with Gasteiger partial charge in [-0.15, -0.1) is 0 Å². The summed E-state index contributed by atoms with van der Waals surface area (Å²) in [5.41, 5.74) is 7.46. The molecule has 2 N–H and O–H groups in total. The van der Waals surface area contributed by atoms with Gasteiger partial charge in [-0.25, -0.2) is 0 Å². The Morgan fingerprint density at radius 3 is 2.70 bits per heavy atom. The molecule has 0 spiro atoms. The average molecular weight is 278 g/mol. The minimum absolute atomic E-state index is 0.0669. The van der Waals surface area contributed by atoms with Crippen LogP contribution in [0.2, 0.25) is 0 Å². The Hall–Kier alpha value is -2.04. The number of carbonyl (C=O) groups is 2. The van der Waals surface area contributed by atoms with Gasteiger partial charge in [0.2, 0.25) is 5.91 Å². The molecule has 1 rings (SSSR count). The lowest BCUT2D eigenvalue weighted by molar-refractivity contribution is -0.141. The van der Waals surface area contributed by atoms with Crippen molar-refractivity contribution in [2.75, 3.05) is 26.4 Å². The number of hydrogen-bond acceptors (Lipinski definition) is 4. The molecular formula is C15H22N2O3. The van der Waals surface area contributed by atoms with Gasteiger partial charge in [-0.2, -0.15) is 0 Å². The van der Waals surface area contributed by atoms with Gasteiger partial charge in [0.25, 0.3) is 0 Å². The number of amides is 1. The summed E-state index contributed by atoms with van der Waals surface area (Å²) in [4.78, 5) is 24.5. The van der Waals surface area contributed by atoms with Gasteiger partial charge >= 0.3 is 5.97 Å². The number of esters is 1. The number of nitrogen functional groups attached to an aromatic ring is 1. The molecule has 0 radical (unpaired) electrons. The maximum Gasteiger partial charge on any atom is 0.305 e. The zero-order chi connectivity index (χ0) is 15.0. The van der Waals surface area contributed by atoms with Crippen LogP contribution in [0.1, 0.15) is 24.8 Å². The Morgan fingerprint density at radius 2 is 2.05 bits per heavy atom. The van der Waals surface area contributed by atoms with Gasteiger partial charge in [0.05, 0.1) is 7.11 Å². The van der Waals surface area contributed by atoms with Crippen molar-refractivity contribution in [1.29, 1.82) is 0 Å². The van der Waals surface area contributed by atoms with Crippen molar-refractivity contribution in [2.24, 2.45) is 0 Å². The van der Waals surface area contributed by atoms with Crippen LogP contribution in [0.4, 0.5) is 5.69 Å². The molecule has 0 atom stereocenters. The molecule has 0 aliphatic carbocycles. The molecule has 0 unspecified atom stereocenters. The van der Waals surface area contributed by atoms with E-state index in [1.54, 1.807) is 11.9 Å². The van der Waals surface area contributed by atoms with E-state index in [1.807, 2.05) is 24.3 Å². The lowest BCUT2D eigenvalue weighted by Gasteiger charge is -2.16. The number of nitrogens with zero attached hydrogens (tertiary/aromatic N) is 1. The normalized spacial score (nSPS) is 10.1. The van der Waals surface area contributed by atoms with Crippen LogP contribution in [-0.2, 0) is 20.7 Å². The highest BCUT2D eigenvalue weighted by Gasteiger charge is 2.09. The molecule has 110 valence electrons. The molecule has 1 aromatic carbocycles. The van der Waals surface area contributed by atoms with E-state index < -0.39 is 0 Å². The summed E-state index contributed by atoms with van der Waals surface area (Å²) < 4.78 is 4.55. The Labute approximate surface area is 119 Å². The highest BCUT2D eigenvalue weighted by Crippen LogP contribution is 2.09. The number of nitrogens with two attached hydrogens (primary N) is 1. The number of ether oxygens (including phenoxy) is 1. The molecule has 0 bridgehead atoms. The Balaban J connectivity index is 2.29. The van der Waals surface area contributed by atoms with Crippen molar-refractivity contribution >= 4 is 17.6 Å².